The molecule has 0 unspecified atom stereocenters. The van der Waals surface area contributed by atoms with Crippen molar-refractivity contribution in [1.82, 2.24) is 0 Å². The van der Waals surface area contributed by atoms with Crippen molar-refractivity contribution < 1.29 is 0 Å². The van der Waals surface area contributed by atoms with Crippen molar-refractivity contribution in [2.24, 2.45) is 27.9 Å². The molecule has 0 amide bonds. The van der Waals surface area contributed by atoms with E-state index in [2.05, 4.69) is 172 Å². The van der Waals surface area contributed by atoms with Crippen molar-refractivity contribution >= 4 is 63.8 Å². The van der Waals surface area contributed by atoms with Gasteiger partial charge in [0.15, 0.2) is 0 Å². The predicted molar refractivity (Wildman–Crippen MR) is 226 cm³/mol. The van der Waals surface area contributed by atoms with Gasteiger partial charge in [0.05, 0.1) is 49.2 Å². The van der Waals surface area contributed by atoms with Gasteiger partial charge < -0.3 is 4.90 Å². The minimum Gasteiger partial charge on any atom is -0.304 e. The second-order valence-corrected chi connectivity index (χ2v) is 26.2. The van der Waals surface area contributed by atoms with Gasteiger partial charge in [-0.3, -0.25) is 27.9 Å². The van der Waals surface area contributed by atoms with E-state index >= 15 is 0 Å². The molecule has 0 bridgehead atoms. The maximum absolute atomic E-state index is 5.50. The smallest absolute Gasteiger partial charge is 0.298 e. The van der Waals surface area contributed by atoms with Gasteiger partial charge >= 0.3 is 0 Å². The van der Waals surface area contributed by atoms with E-state index in [0.717, 1.165) is 71.5 Å². The molecule has 0 atom stereocenters. The van der Waals surface area contributed by atoms with E-state index in [1.54, 1.807) is 0 Å². The Kier molecular flexibility index (Phi) is 7.10. The zero-order valence-electron chi connectivity index (χ0n) is 31.3. The minimum atomic E-state index is -2.37. The van der Waals surface area contributed by atoms with Crippen LogP contribution in [0.4, 0.5) is 17.1 Å². The molecular weight excluding hydrogens is 711 g/mol. The second kappa shape index (κ2) is 11.7. The van der Waals surface area contributed by atoms with E-state index in [4.69, 9.17) is 27.9 Å². The van der Waals surface area contributed by atoms with Crippen molar-refractivity contribution in [3.8, 4) is 22.3 Å². The van der Waals surface area contributed by atoms with Crippen LogP contribution < -0.4 is 37.0 Å². The van der Waals surface area contributed by atoms with Crippen LogP contribution in [0, 0.1) is 0 Å². The van der Waals surface area contributed by atoms with Crippen molar-refractivity contribution in [2.75, 3.05) is 4.90 Å². The minimum absolute atomic E-state index is 0.915. The lowest BCUT2D eigenvalue weighted by atomic mass is 9.96. The second-order valence-electron chi connectivity index (χ2n) is 15.9. The molecule has 0 spiro atoms. The normalized spacial score (nSPS) is 16.6. The Morgan fingerprint density at radius 2 is 0.889 bits per heavy atom. The standard InChI is InChI=1S/C44H39N7Si3/c1-52(2)45-36-17-12-18-37(42(36)48-52)51(38-25-23-33(28-13-8-7-9-14-28)40-43(38)49-53(3,4)46-40)39-26-24-34(41-44(39)50-54(5,6)47-41)31-22-21-30-20-19-29-15-10-11-16-32(29)35(30)27-31/h7-27H,1-6H3. The highest BCUT2D eigenvalue weighted by molar-refractivity contribution is 6.75. The Morgan fingerprint density at radius 1 is 0.370 bits per heavy atom. The molecular formula is C44H39N7Si3. The molecule has 0 aromatic heterocycles. The zero-order valence-corrected chi connectivity index (χ0v) is 34.3. The molecule has 0 saturated heterocycles. The zero-order chi connectivity index (χ0) is 37.0. The van der Waals surface area contributed by atoms with Gasteiger partial charge in [0.1, 0.15) is 0 Å². The van der Waals surface area contributed by atoms with Crippen LogP contribution >= 0.6 is 0 Å². The van der Waals surface area contributed by atoms with E-state index < -0.39 is 25.2 Å². The molecule has 54 heavy (non-hydrogen) atoms. The lowest BCUT2D eigenvalue weighted by Gasteiger charge is -2.26. The monoisotopic (exact) mass is 749 g/mol. The van der Waals surface area contributed by atoms with Crippen LogP contribution in [0.5, 0.6) is 0 Å². The molecule has 3 heterocycles. The summed E-state index contributed by atoms with van der Waals surface area (Å²) in [5, 5.41) is 10.5. The van der Waals surface area contributed by atoms with Crippen LogP contribution in [0.1, 0.15) is 0 Å². The maximum Gasteiger partial charge on any atom is 0.298 e. The number of hydrogen-bond donors (Lipinski definition) is 0. The quantitative estimate of drug-likeness (QED) is 0.132. The largest absolute Gasteiger partial charge is 0.304 e. The van der Waals surface area contributed by atoms with E-state index in [0.29, 0.717) is 0 Å². The summed E-state index contributed by atoms with van der Waals surface area (Å²) in [6.07, 6.45) is 0. The molecule has 0 N–H and O–H groups in total. The Bertz CT molecular complexity index is 3160. The fourth-order valence-corrected chi connectivity index (χ4v) is 13.0. The van der Waals surface area contributed by atoms with Crippen LogP contribution in [0.2, 0.25) is 39.3 Å². The molecule has 262 valence electrons. The summed E-state index contributed by atoms with van der Waals surface area (Å²) in [4.78, 5) is 2.33. The SMILES string of the molecule is C[Si]1(C)N=c2cccc(N(c3ccc(-c4ccccc4)c4c3=N[Si](C)(C)N=4)c3ccc(-c4ccc5ccc6ccccc6c5c4)c4c3=N[Si](C)(C)N=4)c2=N1. The number of anilines is 3. The molecule has 0 radical (unpaired) electrons. The molecule has 10 heteroatoms. The number of fused-ring (bicyclic) bond motifs is 6. The first kappa shape index (κ1) is 32.9. The average molecular weight is 750 g/mol. The van der Waals surface area contributed by atoms with Crippen molar-refractivity contribution in [3.63, 3.8) is 0 Å². The van der Waals surface area contributed by atoms with Crippen molar-refractivity contribution in [3.05, 3.63) is 160 Å². The van der Waals surface area contributed by atoms with E-state index in [9.17, 15) is 0 Å². The molecule has 7 aromatic rings. The Balaban J connectivity index is 1.27. The molecule has 0 fully saturated rings. The van der Waals surface area contributed by atoms with Gasteiger partial charge in [0.25, 0.3) is 25.2 Å². The highest BCUT2D eigenvalue weighted by Gasteiger charge is 2.33. The van der Waals surface area contributed by atoms with Gasteiger partial charge in [-0.25, -0.2) is 0 Å². The lowest BCUT2D eigenvalue weighted by Crippen LogP contribution is -2.38. The summed E-state index contributed by atoms with van der Waals surface area (Å²) >= 11 is 0. The first-order valence-corrected chi connectivity index (χ1v) is 27.2. The highest BCUT2D eigenvalue weighted by atomic mass is 28.4. The molecule has 0 saturated carbocycles. The van der Waals surface area contributed by atoms with Crippen molar-refractivity contribution in [2.45, 2.75) is 39.3 Å². The topological polar surface area (TPSA) is 77.4 Å². The Labute approximate surface area is 316 Å². The van der Waals surface area contributed by atoms with Crippen LogP contribution in [0.3, 0.4) is 0 Å². The summed E-state index contributed by atoms with van der Waals surface area (Å²) in [5.74, 6) is 0. The first-order valence-electron chi connectivity index (χ1n) is 18.6. The molecule has 7 aromatic carbocycles. The van der Waals surface area contributed by atoms with Gasteiger partial charge in [-0.05, 0) is 102 Å². The van der Waals surface area contributed by atoms with Gasteiger partial charge in [0, 0.05) is 11.1 Å². The van der Waals surface area contributed by atoms with Crippen LogP contribution in [-0.4, -0.2) is 25.2 Å². The highest BCUT2D eigenvalue weighted by Crippen LogP contribution is 2.33. The summed E-state index contributed by atoms with van der Waals surface area (Å²) < 4.78 is 32.2. The fraction of sp³-hybridized carbons (Fsp3) is 0.136. The summed E-state index contributed by atoms with van der Waals surface area (Å²) in [7, 11) is -6.90. The number of nitrogens with zero attached hydrogens (tertiary/aromatic N) is 7. The summed E-state index contributed by atoms with van der Waals surface area (Å²) in [6, 6.07) is 45.6. The third kappa shape index (κ3) is 5.35. The molecule has 3 aliphatic rings. The molecule has 7 nitrogen and oxygen atoms in total. The van der Waals surface area contributed by atoms with Gasteiger partial charge in [-0.1, -0.05) is 97.1 Å². The number of hydrogen-bond acceptors (Lipinski definition) is 7. The Morgan fingerprint density at radius 3 is 1.57 bits per heavy atom. The van der Waals surface area contributed by atoms with Crippen LogP contribution in [0.15, 0.2) is 155 Å². The van der Waals surface area contributed by atoms with E-state index in [-0.39, 0.29) is 0 Å². The third-order valence-corrected chi connectivity index (χ3v) is 15.1. The Hall–Kier alpha value is -5.69. The van der Waals surface area contributed by atoms with Crippen LogP contribution in [-0.2, 0) is 0 Å². The van der Waals surface area contributed by atoms with E-state index in [1.165, 1.54) is 21.5 Å². The molecule has 10 rings (SSSR count). The lowest BCUT2D eigenvalue weighted by molar-refractivity contribution is 1.17. The molecule has 0 aliphatic carbocycles. The van der Waals surface area contributed by atoms with Gasteiger partial charge in [0.2, 0.25) is 0 Å². The van der Waals surface area contributed by atoms with Crippen LogP contribution in [0.25, 0.3) is 43.8 Å². The van der Waals surface area contributed by atoms with E-state index in [1.807, 2.05) is 0 Å². The number of rotatable bonds is 5. The summed E-state index contributed by atoms with van der Waals surface area (Å²) in [6.45, 7) is 13.2. The fourth-order valence-electron chi connectivity index (χ4n) is 8.23. The van der Waals surface area contributed by atoms with Gasteiger partial charge in [-0.2, -0.15) is 0 Å². The third-order valence-electron chi connectivity index (χ3n) is 10.4. The number of benzene rings is 7. The molecule has 3 aliphatic heterocycles. The van der Waals surface area contributed by atoms with Crippen molar-refractivity contribution in [1.29, 1.82) is 0 Å². The van der Waals surface area contributed by atoms with Gasteiger partial charge in [-0.15, -0.1) is 0 Å². The maximum atomic E-state index is 5.50. The average Bonchev–Trinajstić information content (AvgIpc) is 3.79. The first-order chi connectivity index (χ1) is 25.9. The summed E-state index contributed by atoms with van der Waals surface area (Å²) in [5.41, 5.74) is 7.36. The predicted octanol–water partition coefficient (Wildman–Crippen LogP) is 7.66.